The smallest absolute Gasteiger partial charge is 0.326 e. The monoisotopic (exact) mass is 300 g/mol. The van der Waals surface area contributed by atoms with Crippen LogP contribution in [0, 0.1) is 5.82 Å². The van der Waals surface area contributed by atoms with Crippen LogP contribution in [-0.2, 0) is 16.6 Å². The van der Waals surface area contributed by atoms with E-state index in [1.54, 1.807) is 4.72 Å². The number of rotatable bonds is 5. The summed E-state index contributed by atoms with van der Waals surface area (Å²) in [5.41, 5.74) is 5.63. The van der Waals surface area contributed by atoms with Gasteiger partial charge >= 0.3 is 6.18 Å². The van der Waals surface area contributed by atoms with Gasteiger partial charge in [-0.25, -0.2) is 17.5 Å². The zero-order chi connectivity index (χ0) is 14.7. The standard InChI is InChI=1S/C10H12F4N2O2S/c11-8-5-7(6-15)1-2-9(8)19(17,18)16-4-3-10(12,13)14/h1-2,5,16H,3-4,6,15H2. The van der Waals surface area contributed by atoms with Gasteiger partial charge in [-0.15, -0.1) is 0 Å². The fraction of sp³-hybridized carbons (Fsp3) is 0.400. The van der Waals surface area contributed by atoms with Gasteiger partial charge in [0.25, 0.3) is 0 Å². The van der Waals surface area contributed by atoms with Gasteiger partial charge in [0.2, 0.25) is 10.0 Å². The van der Waals surface area contributed by atoms with Crippen LogP contribution in [0.25, 0.3) is 0 Å². The summed E-state index contributed by atoms with van der Waals surface area (Å²) >= 11 is 0. The highest BCUT2D eigenvalue weighted by atomic mass is 32.2. The fourth-order valence-corrected chi connectivity index (χ4v) is 2.38. The van der Waals surface area contributed by atoms with Crippen LogP contribution in [-0.4, -0.2) is 21.1 Å². The summed E-state index contributed by atoms with van der Waals surface area (Å²) in [7, 11) is -4.30. The van der Waals surface area contributed by atoms with Crippen LogP contribution in [0.5, 0.6) is 0 Å². The Bertz CT molecular complexity index is 543. The summed E-state index contributed by atoms with van der Waals surface area (Å²) in [6.45, 7) is -0.817. The molecule has 0 fully saturated rings. The quantitative estimate of drug-likeness (QED) is 0.810. The fourth-order valence-electron chi connectivity index (χ4n) is 1.29. The molecule has 108 valence electrons. The summed E-state index contributed by atoms with van der Waals surface area (Å²) in [5.74, 6) is -1.05. The van der Waals surface area contributed by atoms with Crippen molar-refractivity contribution in [1.29, 1.82) is 0 Å². The molecular weight excluding hydrogens is 288 g/mol. The van der Waals surface area contributed by atoms with Crippen molar-refractivity contribution in [3.05, 3.63) is 29.6 Å². The molecule has 0 atom stereocenters. The number of sulfonamides is 1. The maximum absolute atomic E-state index is 13.5. The summed E-state index contributed by atoms with van der Waals surface area (Å²) in [6, 6.07) is 3.19. The van der Waals surface area contributed by atoms with Gasteiger partial charge in [0, 0.05) is 13.1 Å². The second kappa shape index (κ2) is 5.85. The second-order valence-electron chi connectivity index (χ2n) is 3.73. The molecule has 1 aromatic rings. The van der Waals surface area contributed by atoms with Crippen molar-refractivity contribution >= 4 is 10.0 Å². The number of nitrogens with two attached hydrogens (primary N) is 1. The van der Waals surface area contributed by atoms with Gasteiger partial charge in [0.15, 0.2) is 0 Å². The van der Waals surface area contributed by atoms with Crippen molar-refractivity contribution in [1.82, 2.24) is 4.72 Å². The lowest BCUT2D eigenvalue weighted by Gasteiger charge is -2.10. The minimum absolute atomic E-state index is 0.0265. The molecule has 1 rings (SSSR count). The van der Waals surface area contributed by atoms with E-state index in [0.29, 0.717) is 5.56 Å². The Morgan fingerprint density at radius 3 is 2.37 bits per heavy atom. The minimum atomic E-state index is -4.48. The first-order chi connectivity index (χ1) is 8.65. The zero-order valence-electron chi connectivity index (χ0n) is 9.67. The molecule has 0 amide bonds. The van der Waals surface area contributed by atoms with Crippen molar-refractivity contribution in [3.8, 4) is 0 Å². The Kier molecular flexibility index (Phi) is 4.88. The lowest BCUT2D eigenvalue weighted by molar-refractivity contribution is -0.132. The number of benzene rings is 1. The normalized spacial score (nSPS) is 12.7. The van der Waals surface area contributed by atoms with Crippen molar-refractivity contribution in [2.75, 3.05) is 6.54 Å². The molecule has 0 aliphatic rings. The van der Waals surface area contributed by atoms with Crippen LogP contribution < -0.4 is 10.5 Å². The maximum Gasteiger partial charge on any atom is 0.390 e. The van der Waals surface area contributed by atoms with Crippen molar-refractivity contribution in [2.24, 2.45) is 5.73 Å². The van der Waals surface area contributed by atoms with Crippen LogP contribution >= 0.6 is 0 Å². The van der Waals surface area contributed by atoms with Crippen LogP contribution in [0.1, 0.15) is 12.0 Å². The van der Waals surface area contributed by atoms with Gasteiger partial charge in [0.1, 0.15) is 10.7 Å². The second-order valence-corrected chi connectivity index (χ2v) is 5.47. The molecule has 0 aliphatic heterocycles. The van der Waals surface area contributed by atoms with Gasteiger partial charge in [-0.05, 0) is 17.7 Å². The number of hydrogen-bond acceptors (Lipinski definition) is 3. The average Bonchev–Trinajstić information content (AvgIpc) is 2.26. The Hall–Kier alpha value is -1.19. The summed E-state index contributed by atoms with van der Waals surface area (Å²) in [6.07, 6.45) is -5.81. The van der Waals surface area contributed by atoms with E-state index in [4.69, 9.17) is 5.73 Å². The highest BCUT2D eigenvalue weighted by molar-refractivity contribution is 7.89. The van der Waals surface area contributed by atoms with E-state index in [1.807, 2.05) is 0 Å². The van der Waals surface area contributed by atoms with Gasteiger partial charge in [-0.2, -0.15) is 13.2 Å². The Morgan fingerprint density at radius 2 is 1.89 bits per heavy atom. The van der Waals surface area contributed by atoms with Crippen molar-refractivity contribution < 1.29 is 26.0 Å². The Balaban J connectivity index is 2.83. The highest BCUT2D eigenvalue weighted by Gasteiger charge is 2.28. The van der Waals surface area contributed by atoms with Crippen molar-refractivity contribution in [3.63, 3.8) is 0 Å². The topological polar surface area (TPSA) is 72.2 Å². The molecule has 0 unspecified atom stereocenters. The van der Waals surface area contributed by atoms with E-state index >= 15 is 0 Å². The third-order valence-corrected chi connectivity index (χ3v) is 3.72. The van der Waals surface area contributed by atoms with E-state index in [2.05, 4.69) is 0 Å². The first-order valence-electron chi connectivity index (χ1n) is 5.20. The van der Waals surface area contributed by atoms with Crippen LogP contribution in [0.15, 0.2) is 23.1 Å². The summed E-state index contributed by atoms with van der Waals surface area (Å²) < 4.78 is 74.0. The Morgan fingerprint density at radius 1 is 1.26 bits per heavy atom. The number of alkyl halides is 3. The molecular formula is C10H12F4N2O2S. The van der Waals surface area contributed by atoms with Gasteiger partial charge in [-0.3, -0.25) is 0 Å². The lowest BCUT2D eigenvalue weighted by atomic mass is 10.2. The number of nitrogens with one attached hydrogen (secondary N) is 1. The molecule has 0 heterocycles. The van der Waals surface area contributed by atoms with Gasteiger partial charge in [0.05, 0.1) is 6.42 Å². The lowest BCUT2D eigenvalue weighted by Crippen LogP contribution is -2.28. The summed E-state index contributed by atoms with van der Waals surface area (Å²) in [5, 5.41) is 0. The molecule has 0 aliphatic carbocycles. The zero-order valence-corrected chi connectivity index (χ0v) is 10.5. The molecule has 0 radical (unpaired) electrons. The maximum atomic E-state index is 13.5. The van der Waals surface area contributed by atoms with Crippen LogP contribution in [0.2, 0.25) is 0 Å². The number of halogens is 4. The number of hydrogen-bond donors (Lipinski definition) is 2. The molecule has 0 spiro atoms. The largest absolute Gasteiger partial charge is 0.390 e. The predicted octanol–water partition coefficient (Wildman–Crippen LogP) is 1.52. The molecule has 3 N–H and O–H groups in total. The van der Waals surface area contributed by atoms with E-state index in [9.17, 15) is 26.0 Å². The molecule has 9 heteroatoms. The molecule has 0 bridgehead atoms. The molecule has 0 saturated heterocycles. The first kappa shape index (κ1) is 15.9. The SMILES string of the molecule is NCc1ccc(S(=O)(=O)NCCC(F)(F)F)c(F)c1. The third kappa shape index (κ3) is 4.77. The van der Waals surface area contributed by atoms with Crippen molar-refractivity contribution in [2.45, 2.75) is 24.0 Å². The van der Waals surface area contributed by atoms with E-state index in [1.165, 1.54) is 6.07 Å². The molecule has 0 saturated carbocycles. The Labute approximate surface area is 107 Å². The molecule has 1 aromatic carbocycles. The third-order valence-electron chi connectivity index (χ3n) is 2.22. The van der Waals surface area contributed by atoms with Crippen LogP contribution in [0.3, 0.4) is 0 Å². The van der Waals surface area contributed by atoms with E-state index in [-0.39, 0.29) is 6.54 Å². The molecule has 4 nitrogen and oxygen atoms in total. The van der Waals surface area contributed by atoms with E-state index < -0.39 is 39.9 Å². The summed E-state index contributed by atoms with van der Waals surface area (Å²) in [4.78, 5) is -0.702. The van der Waals surface area contributed by atoms with Gasteiger partial charge < -0.3 is 5.73 Å². The van der Waals surface area contributed by atoms with E-state index in [0.717, 1.165) is 12.1 Å². The molecule has 0 aromatic heterocycles. The predicted molar refractivity (Wildman–Crippen MR) is 60.2 cm³/mol. The average molecular weight is 300 g/mol. The van der Waals surface area contributed by atoms with Crippen LogP contribution in [0.4, 0.5) is 17.6 Å². The highest BCUT2D eigenvalue weighted by Crippen LogP contribution is 2.20. The minimum Gasteiger partial charge on any atom is -0.326 e. The first-order valence-corrected chi connectivity index (χ1v) is 6.69. The van der Waals surface area contributed by atoms with Gasteiger partial charge in [-0.1, -0.05) is 6.07 Å². The molecule has 19 heavy (non-hydrogen) atoms.